The van der Waals surface area contributed by atoms with Crippen molar-refractivity contribution in [1.82, 2.24) is 0 Å². The average Bonchev–Trinajstić information content (AvgIpc) is 2.49. The predicted octanol–water partition coefficient (Wildman–Crippen LogP) is 3.39. The molecule has 2 aromatic rings. The zero-order valence-electron chi connectivity index (χ0n) is 11.6. The number of rotatable bonds is 5. The van der Waals surface area contributed by atoms with Crippen LogP contribution in [0.4, 0.5) is 0 Å². The maximum absolute atomic E-state index is 9.38. The number of halogens is 1. The van der Waals surface area contributed by atoms with Crippen molar-refractivity contribution in [3.05, 3.63) is 53.6 Å². The molecule has 0 saturated carbocycles. The van der Waals surface area contributed by atoms with Crippen molar-refractivity contribution >= 4 is 11.6 Å². The zero-order valence-corrected chi connectivity index (χ0v) is 12.3. The van der Waals surface area contributed by atoms with Gasteiger partial charge in [0, 0.05) is 0 Å². The highest BCUT2D eigenvalue weighted by molar-refractivity contribution is 6.32. The van der Waals surface area contributed by atoms with Gasteiger partial charge in [0.2, 0.25) is 0 Å². The van der Waals surface area contributed by atoms with Crippen LogP contribution in [0.1, 0.15) is 0 Å². The van der Waals surface area contributed by atoms with Crippen LogP contribution in [-0.2, 0) is 4.74 Å². The number of hydrogen-bond acceptors (Lipinski definition) is 3. The molecule has 1 aliphatic heterocycles. The molecule has 0 aliphatic carbocycles. The Kier molecular flexibility index (Phi) is 4.15. The van der Waals surface area contributed by atoms with Gasteiger partial charge in [-0.05, 0) is 23.3 Å². The molecular formula is C17H17ClO3. The van der Waals surface area contributed by atoms with E-state index in [4.69, 9.17) is 21.1 Å². The molecule has 1 N–H and O–H groups in total. The van der Waals surface area contributed by atoms with Crippen molar-refractivity contribution < 1.29 is 14.6 Å². The van der Waals surface area contributed by atoms with Gasteiger partial charge in [0.15, 0.2) is 0 Å². The summed E-state index contributed by atoms with van der Waals surface area (Å²) in [6, 6.07) is 15.8. The maximum Gasteiger partial charge on any atom is 0.137 e. The molecule has 21 heavy (non-hydrogen) atoms. The fourth-order valence-corrected chi connectivity index (χ4v) is 2.51. The van der Waals surface area contributed by atoms with Crippen LogP contribution in [0.25, 0.3) is 11.1 Å². The highest BCUT2D eigenvalue weighted by Gasteiger charge is 2.39. The van der Waals surface area contributed by atoms with Crippen molar-refractivity contribution in [3.63, 3.8) is 0 Å². The molecule has 1 saturated heterocycles. The molecule has 3 rings (SSSR count). The minimum Gasteiger partial charge on any atom is -0.491 e. The van der Waals surface area contributed by atoms with E-state index in [0.29, 0.717) is 30.6 Å². The lowest BCUT2D eigenvalue weighted by Gasteiger charge is -2.39. The Bertz CT molecular complexity index is 603. The van der Waals surface area contributed by atoms with E-state index in [1.165, 1.54) is 0 Å². The van der Waals surface area contributed by atoms with Crippen LogP contribution < -0.4 is 4.74 Å². The van der Waals surface area contributed by atoms with E-state index in [0.717, 1.165) is 11.1 Å². The van der Waals surface area contributed by atoms with E-state index in [1.54, 1.807) is 0 Å². The summed E-state index contributed by atoms with van der Waals surface area (Å²) in [6.07, 6.45) is 0. The van der Waals surface area contributed by atoms with Crippen molar-refractivity contribution in [3.8, 4) is 16.9 Å². The van der Waals surface area contributed by atoms with Crippen LogP contribution in [0.2, 0.25) is 5.02 Å². The summed E-state index contributed by atoms with van der Waals surface area (Å²) in [5.74, 6) is 0.635. The predicted molar refractivity (Wildman–Crippen MR) is 82.7 cm³/mol. The summed E-state index contributed by atoms with van der Waals surface area (Å²) in [7, 11) is 0. The molecule has 0 spiro atoms. The highest BCUT2D eigenvalue weighted by Crippen LogP contribution is 2.33. The first-order chi connectivity index (χ1) is 10.2. The van der Waals surface area contributed by atoms with Crippen LogP contribution >= 0.6 is 11.6 Å². The lowest BCUT2D eigenvalue weighted by Crippen LogP contribution is -2.49. The van der Waals surface area contributed by atoms with Gasteiger partial charge in [-0.15, -0.1) is 0 Å². The van der Waals surface area contributed by atoms with Gasteiger partial charge in [-0.1, -0.05) is 48.0 Å². The van der Waals surface area contributed by atoms with Gasteiger partial charge >= 0.3 is 0 Å². The third kappa shape index (κ3) is 3.05. The van der Waals surface area contributed by atoms with E-state index in [1.807, 2.05) is 48.5 Å². The van der Waals surface area contributed by atoms with Crippen LogP contribution in [0.15, 0.2) is 48.5 Å². The highest BCUT2D eigenvalue weighted by atomic mass is 35.5. The molecule has 1 fully saturated rings. The van der Waals surface area contributed by atoms with E-state index in [9.17, 15) is 5.11 Å². The Morgan fingerprint density at radius 1 is 1.10 bits per heavy atom. The molecule has 0 radical (unpaired) electrons. The topological polar surface area (TPSA) is 38.7 Å². The van der Waals surface area contributed by atoms with Gasteiger partial charge in [0.1, 0.15) is 12.4 Å². The van der Waals surface area contributed by atoms with Crippen molar-refractivity contribution in [2.24, 2.45) is 5.41 Å². The molecule has 4 heteroatoms. The summed E-state index contributed by atoms with van der Waals surface area (Å²) in [5, 5.41) is 9.96. The molecule has 0 unspecified atom stereocenters. The lowest BCUT2D eigenvalue weighted by atomic mass is 9.88. The third-order valence-corrected chi connectivity index (χ3v) is 4.02. The molecule has 0 atom stereocenters. The molecule has 1 aliphatic rings. The first-order valence-electron chi connectivity index (χ1n) is 6.89. The van der Waals surface area contributed by atoms with E-state index in [-0.39, 0.29) is 12.0 Å². The fraction of sp³-hybridized carbons (Fsp3) is 0.294. The maximum atomic E-state index is 9.38. The average molecular weight is 305 g/mol. The van der Waals surface area contributed by atoms with Crippen LogP contribution in [0.3, 0.4) is 0 Å². The Morgan fingerprint density at radius 3 is 2.43 bits per heavy atom. The Morgan fingerprint density at radius 2 is 1.86 bits per heavy atom. The largest absolute Gasteiger partial charge is 0.491 e. The first-order valence-corrected chi connectivity index (χ1v) is 7.27. The smallest absolute Gasteiger partial charge is 0.137 e. The van der Waals surface area contributed by atoms with Gasteiger partial charge in [-0.25, -0.2) is 0 Å². The summed E-state index contributed by atoms with van der Waals surface area (Å²) in [5.41, 5.74) is 1.89. The normalized spacial score (nSPS) is 16.3. The zero-order chi connectivity index (χ0) is 14.7. The molecule has 2 aromatic carbocycles. The number of aliphatic hydroxyl groups excluding tert-OH is 1. The Balaban J connectivity index is 1.73. The molecule has 0 aromatic heterocycles. The van der Waals surface area contributed by atoms with Crippen molar-refractivity contribution in [2.75, 3.05) is 26.4 Å². The molecule has 1 heterocycles. The van der Waals surface area contributed by atoms with Gasteiger partial charge in [0.05, 0.1) is 30.3 Å². The second-order valence-electron chi connectivity index (χ2n) is 5.45. The van der Waals surface area contributed by atoms with Crippen LogP contribution in [0, 0.1) is 5.41 Å². The van der Waals surface area contributed by atoms with Crippen LogP contribution in [0.5, 0.6) is 5.75 Å². The third-order valence-electron chi connectivity index (χ3n) is 3.72. The van der Waals surface area contributed by atoms with E-state index >= 15 is 0 Å². The minimum atomic E-state index is -0.276. The number of hydrogen-bond donors (Lipinski definition) is 1. The van der Waals surface area contributed by atoms with Crippen LogP contribution in [-0.4, -0.2) is 31.5 Å². The van der Waals surface area contributed by atoms with E-state index in [2.05, 4.69) is 0 Å². The monoisotopic (exact) mass is 304 g/mol. The van der Waals surface area contributed by atoms with E-state index < -0.39 is 0 Å². The van der Waals surface area contributed by atoms with Crippen molar-refractivity contribution in [1.29, 1.82) is 0 Å². The second-order valence-corrected chi connectivity index (χ2v) is 5.86. The molecule has 0 amide bonds. The quantitative estimate of drug-likeness (QED) is 0.920. The SMILES string of the molecule is OCC1(COc2ccc(-c3ccccc3)cc2Cl)COC1. The summed E-state index contributed by atoms with van der Waals surface area (Å²) in [4.78, 5) is 0. The minimum absolute atomic E-state index is 0.0622. The van der Waals surface area contributed by atoms with Gasteiger partial charge in [-0.2, -0.15) is 0 Å². The second kappa shape index (κ2) is 6.06. The Hall–Kier alpha value is -1.55. The number of aliphatic hydroxyl groups is 1. The summed E-state index contributed by atoms with van der Waals surface area (Å²) >= 11 is 6.29. The molecule has 3 nitrogen and oxygen atoms in total. The number of benzene rings is 2. The molecule has 110 valence electrons. The molecular weight excluding hydrogens is 288 g/mol. The fourth-order valence-electron chi connectivity index (χ4n) is 2.27. The molecule has 0 bridgehead atoms. The standard InChI is InChI=1S/C17H17ClO3/c18-15-8-14(13-4-2-1-3-5-13)6-7-16(15)21-12-17(9-19)10-20-11-17/h1-8,19H,9-12H2. The lowest BCUT2D eigenvalue weighted by molar-refractivity contribution is -0.153. The van der Waals surface area contributed by atoms with Crippen molar-refractivity contribution in [2.45, 2.75) is 0 Å². The first kappa shape index (κ1) is 14.4. The summed E-state index contributed by atoms with van der Waals surface area (Å²) in [6.45, 7) is 1.53. The Labute approximate surface area is 129 Å². The number of ether oxygens (including phenoxy) is 2. The summed E-state index contributed by atoms with van der Waals surface area (Å²) < 4.78 is 10.9. The van der Waals surface area contributed by atoms with Gasteiger partial charge < -0.3 is 14.6 Å². The van der Waals surface area contributed by atoms with Gasteiger partial charge in [0.25, 0.3) is 0 Å². The van der Waals surface area contributed by atoms with Gasteiger partial charge in [-0.3, -0.25) is 0 Å².